The molecule has 0 radical (unpaired) electrons. The molecule has 3 unspecified atom stereocenters. The third-order valence-electron chi connectivity index (χ3n) is 4.18. The standard InChI is InChI=1S/C15H26N2O/c1-4-17-9-5-7-14(11-17)12(2)16-13(3)15-8-6-10-18-15/h6,8,10,12-14,16H,4-5,7,9,11H2,1-3H3. The zero-order valence-electron chi connectivity index (χ0n) is 11.9. The van der Waals surface area contributed by atoms with Gasteiger partial charge in [-0.1, -0.05) is 6.92 Å². The summed E-state index contributed by atoms with van der Waals surface area (Å²) in [6.45, 7) is 10.4. The third-order valence-corrected chi connectivity index (χ3v) is 4.18. The van der Waals surface area contributed by atoms with Crippen molar-refractivity contribution in [3.63, 3.8) is 0 Å². The van der Waals surface area contributed by atoms with Crippen LogP contribution >= 0.6 is 0 Å². The fourth-order valence-corrected chi connectivity index (χ4v) is 2.94. The number of likely N-dealkylation sites (tertiary alicyclic amines) is 1. The van der Waals surface area contributed by atoms with Gasteiger partial charge in [-0.05, 0) is 57.8 Å². The molecule has 3 heteroatoms. The van der Waals surface area contributed by atoms with Gasteiger partial charge in [0.1, 0.15) is 5.76 Å². The predicted octanol–water partition coefficient (Wildman–Crippen LogP) is 3.05. The minimum absolute atomic E-state index is 0.298. The summed E-state index contributed by atoms with van der Waals surface area (Å²) in [6, 6.07) is 4.84. The second-order valence-electron chi connectivity index (χ2n) is 5.49. The van der Waals surface area contributed by atoms with E-state index in [9.17, 15) is 0 Å². The lowest BCUT2D eigenvalue weighted by atomic mass is 9.91. The van der Waals surface area contributed by atoms with E-state index in [1.165, 1.54) is 32.5 Å². The Morgan fingerprint density at radius 3 is 3.00 bits per heavy atom. The first kappa shape index (κ1) is 13.6. The van der Waals surface area contributed by atoms with Gasteiger partial charge in [-0.25, -0.2) is 0 Å². The van der Waals surface area contributed by atoms with Crippen LogP contribution in [0.5, 0.6) is 0 Å². The van der Waals surface area contributed by atoms with Crippen molar-refractivity contribution in [2.24, 2.45) is 5.92 Å². The molecular formula is C15H26N2O. The Labute approximate surface area is 111 Å². The largest absolute Gasteiger partial charge is 0.468 e. The SMILES string of the molecule is CCN1CCCC(C(C)NC(C)c2ccco2)C1. The number of nitrogens with one attached hydrogen (secondary N) is 1. The molecule has 102 valence electrons. The van der Waals surface area contributed by atoms with Gasteiger partial charge in [0.2, 0.25) is 0 Å². The van der Waals surface area contributed by atoms with Crippen molar-refractivity contribution >= 4 is 0 Å². The summed E-state index contributed by atoms with van der Waals surface area (Å²) in [5, 5.41) is 3.68. The van der Waals surface area contributed by atoms with Crippen LogP contribution in [0.2, 0.25) is 0 Å². The zero-order valence-corrected chi connectivity index (χ0v) is 11.9. The van der Waals surface area contributed by atoms with Crippen LogP contribution in [0.1, 0.15) is 45.4 Å². The van der Waals surface area contributed by atoms with Crippen molar-refractivity contribution in [3.05, 3.63) is 24.2 Å². The summed E-state index contributed by atoms with van der Waals surface area (Å²) in [5.41, 5.74) is 0. The van der Waals surface area contributed by atoms with E-state index in [0.29, 0.717) is 12.1 Å². The average Bonchev–Trinajstić information content (AvgIpc) is 2.92. The Bertz CT molecular complexity index is 336. The topological polar surface area (TPSA) is 28.4 Å². The van der Waals surface area contributed by atoms with Crippen molar-refractivity contribution in [2.45, 2.75) is 45.7 Å². The van der Waals surface area contributed by atoms with E-state index in [0.717, 1.165) is 11.7 Å². The number of furan rings is 1. The summed E-state index contributed by atoms with van der Waals surface area (Å²) in [5.74, 6) is 1.79. The van der Waals surface area contributed by atoms with E-state index < -0.39 is 0 Å². The first-order valence-electron chi connectivity index (χ1n) is 7.22. The quantitative estimate of drug-likeness (QED) is 0.870. The molecule has 1 fully saturated rings. The van der Waals surface area contributed by atoms with Crippen LogP contribution in [0.4, 0.5) is 0 Å². The van der Waals surface area contributed by atoms with Crippen LogP contribution in [0.15, 0.2) is 22.8 Å². The van der Waals surface area contributed by atoms with E-state index in [1.807, 2.05) is 12.1 Å². The van der Waals surface area contributed by atoms with Gasteiger partial charge in [0.25, 0.3) is 0 Å². The van der Waals surface area contributed by atoms with Gasteiger partial charge in [0.15, 0.2) is 0 Å². The van der Waals surface area contributed by atoms with Gasteiger partial charge < -0.3 is 14.6 Å². The van der Waals surface area contributed by atoms with Gasteiger partial charge in [0.05, 0.1) is 12.3 Å². The van der Waals surface area contributed by atoms with Gasteiger partial charge in [0, 0.05) is 12.6 Å². The second kappa shape index (κ2) is 6.39. The Morgan fingerprint density at radius 2 is 2.33 bits per heavy atom. The molecular weight excluding hydrogens is 224 g/mol. The first-order chi connectivity index (χ1) is 8.70. The molecule has 0 saturated carbocycles. The van der Waals surface area contributed by atoms with Crippen LogP contribution < -0.4 is 5.32 Å². The smallest absolute Gasteiger partial charge is 0.120 e. The van der Waals surface area contributed by atoms with Crippen molar-refractivity contribution in [1.82, 2.24) is 10.2 Å². The maximum atomic E-state index is 5.45. The minimum Gasteiger partial charge on any atom is -0.468 e. The summed E-state index contributed by atoms with van der Waals surface area (Å²) in [4.78, 5) is 2.56. The summed E-state index contributed by atoms with van der Waals surface area (Å²) >= 11 is 0. The summed E-state index contributed by atoms with van der Waals surface area (Å²) in [7, 11) is 0. The highest BCUT2D eigenvalue weighted by Crippen LogP contribution is 2.22. The molecule has 0 bridgehead atoms. The van der Waals surface area contributed by atoms with Gasteiger partial charge in [-0.2, -0.15) is 0 Å². The Kier molecular flexibility index (Phi) is 4.84. The molecule has 1 N–H and O–H groups in total. The molecule has 0 spiro atoms. The lowest BCUT2D eigenvalue weighted by Gasteiger charge is -2.36. The summed E-state index contributed by atoms with van der Waals surface area (Å²) < 4.78 is 5.45. The number of hydrogen-bond acceptors (Lipinski definition) is 3. The van der Waals surface area contributed by atoms with Crippen molar-refractivity contribution < 1.29 is 4.42 Å². The maximum Gasteiger partial charge on any atom is 0.120 e. The fraction of sp³-hybridized carbons (Fsp3) is 0.733. The molecule has 1 aliphatic rings. The monoisotopic (exact) mass is 250 g/mol. The number of piperidine rings is 1. The zero-order chi connectivity index (χ0) is 13.0. The Morgan fingerprint density at radius 1 is 1.50 bits per heavy atom. The first-order valence-corrected chi connectivity index (χ1v) is 7.22. The summed E-state index contributed by atoms with van der Waals surface area (Å²) in [6.07, 6.45) is 4.42. The molecule has 2 heterocycles. The van der Waals surface area contributed by atoms with Gasteiger partial charge in [-0.3, -0.25) is 0 Å². The highest BCUT2D eigenvalue weighted by atomic mass is 16.3. The molecule has 1 aromatic heterocycles. The minimum atomic E-state index is 0.298. The van der Waals surface area contributed by atoms with Gasteiger partial charge >= 0.3 is 0 Å². The Balaban J connectivity index is 1.85. The predicted molar refractivity (Wildman–Crippen MR) is 74.6 cm³/mol. The van der Waals surface area contributed by atoms with Crippen molar-refractivity contribution in [3.8, 4) is 0 Å². The van der Waals surface area contributed by atoms with Gasteiger partial charge in [-0.15, -0.1) is 0 Å². The van der Waals surface area contributed by atoms with E-state index in [2.05, 4.69) is 31.0 Å². The molecule has 0 aromatic carbocycles. The molecule has 0 amide bonds. The van der Waals surface area contributed by atoms with Crippen molar-refractivity contribution in [1.29, 1.82) is 0 Å². The van der Waals surface area contributed by atoms with Crippen molar-refractivity contribution in [2.75, 3.05) is 19.6 Å². The van der Waals surface area contributed by atoms with Crippen LogP contribution in [-0.2, 0) is 0 Å². The molecule has 1 aromatic rings. The molecule has 2 rings (SSSR count). The molecule has 1 saturated heterocycles. The van der Waals surface area contributed by atoms with E-state index in [1.54, 1.807) is 6.26 Å². The van der Waals surface area contributed by atoms with E-state index >= 15 is 0 Å². The third kappa shape index (κ3) is 3.36. The van der Waals surface area contributed by atoms with Crippen LogP contribution in [0.3, 0.4) is 0 Å². The highest BCUT2D eigenvalue weighted by molar-refractivity contribution is 5.03. The van der Waals surface area contributed by atoms with Crippen LogP contribution in [-0.4, -0.2) is 30.6 Å². The fourth-order valence-electron chi connectivity index (χ4n) is 2.94. The molecule has 18 heavy (non-hydrogen) atoms. The molecule has 1 aliphatic heterocycles. The van der Waals surface area contributed by atoms with E-state index in [4.69, 9.17) is 4.42 Å². The lowest BCUT2D eigenvalue weighted by Crippen LogP contribution is -2.44. The Hall–Kier alpha value is -0.800. The second-order valence-corrected chi connectivity index (χ2v) is 5.49. The number of rotatable bonds is 5. The number of hydrogen-bond donors (Lipinski definition) is 1. The van der Waals surface area contributed by atoms with Crippen LogP contribution in [0, 0.1) is 5.92 Å². The normalized spacial score (nSPS) is 24.9. The van der Waals surface area contributed by atoms with Crippen LogP contribution in [0.25, 0.3) is 0 Å². The molecule has 0 aliphatic carbocycles. The number of nitrogens with zero attached hydrogens (tertiary/aromatic N) is 1. The molecule has 3 nitrogen and oxygen atoms in total. The highest BCUT2D eigenvalue weighted by Gasteiger charge is 2.25. The average molecular weight is 250 g/mol. The lowest BCUT2D eigenvalue weighted by molar-refractivity contribution is 0.152. The maximum absolute atomic E-state index is 5.45. The van der Waals surface area contributed by atoms with E-state index in [-0.39, 0.29) is 0 Å². The molecule has 3 atom stereocenters.